The van der Waals surface area contributed by atoms with Gasteiger partial charge in [0.05, 0.1) is 17.8 Å². The average Bonchev–Trinajstić information content (AvgIpc) is 3.03. The van der Waals surface area contributed by atoms with E-state index in [4.69, 9.17) is 9.15 Å². The van der Waals surface area contributed by atoms with Gasteiger partial charge in [0.25, 0.3) is 0 Å². The SMILES string of the molecule is CCOc1ccc(S(=O)(=O)NCC[C@H](O)c2ccco2)cc1F. The summed E-state index contributed by atoms with van der Waals surface area (Å²) in [6.45, 7) is 1.97. The van der Waals surface area contributed by atoms with Crippen molar-refractivity contribution in [2.24, 2.45) is 0 Å². The summed E-state index contributed by atoms with van der Waals surface area (Å²) in [6, 6.07) is 6.66. The van der Waals surface area contributed by atoms with Gasteiger partial charge in [-0.1, -0.05) is 0 Å². The number of aliphatic hydroxyl groups is 1. The molecule has 1 heterocycles. The van der Waals surface area contributed by atoms with Crippen LogP contribution in [0.15, 0.2) is 45.9 Å². The molecule has 0 saturated carbocycles. The Morgan fingerprint density at radius 1 is 1.39 bits per heavy atom. The maximum absolute atomic E-state index is 13.7. The monoisotopic (exact) mass is 343 g/mol. The molecule has 6 nitrogen and oxygen atoms in total. The predicted octanol–water partition coefficient (Wildman–Crippen LogP) is 2.22. The quantitative estimate of drug-likeness (QED) is 0.767. The third kappa shape index (κ3) is 4.54. The zero-order valence-electron chi connectivity index (χ0n) is 12.5. The molecule has 126 valence electrons. The molecule has 2 aromatic rings. The zero-order chi connectivity index (χ0) is 16.9. The summed E-state index contributed by atoms with van der Waals surface area (Å²) in [7, 11) is -3.87. The van der Waals surface area contributed by atoms with Crippen molar-refractivity contribution < 1.29 is 27.1 Å². The average molecular weight is 343 g/mol. The lowest BCUT2D eigenvalue weighted by Crippen LogP contribution is -2.26. The first-order valence-electron chi connectivity index (χ1n) is 7.07. The Morgan fingerprint density at radius 3 is 2.78 bits per heavy atom. The Hall–Kier alpha value is -1.90. The van der Waals surface area contributed by atoms with E-state index in [0.29, 0.717) is 5.76 Å². The van der Waals surface area contributed by atoms with Crippen molar-refractivity contribution in [2.45, 2.75) is 24.3 Å². The molecule has 0 bridgehead atoms. The zero-order valence-corrected chi connectivity index (χ0v) is 13.3. The molecular weight excluding hydrogens is 325 g/mol. The van der Waals surface area contributed by atoms with E-state index in [1.165, 1.54) is 18.4 Å². The van der Waals surface area contributed by atoms with Crippen molar-refractivity contribution in [2.75, 3.05) is 13.2 Å². The van der Waals surface area contributed by atoms with Crippen LogP contribution in [-0.4, -0.2) is 26.7 Å². The van der Waals surface area contributed by atoms with Gasteiger partial charge in [0.15, 0.2) is 11.6 Å². The number of aliphatic hydroxyl groups excluding tert-OH is 1. The molecule has 23 heavy (non-hydrogen) atoms. The number of furan rings is 1. The highest BCUT2D eigenvalue weighted by Crippen LogP contribution is 2.21. The van der Waals surface area contributed by atoms with E-state index in [0.717, 1.165) is 6.07 Å². The Morgan fingerprint density at radius 2 is 2.17 bits per heavy atom. The van der Waals surface area contributed by atoms with E-state index in [2.05, 4.69) is 4.72 Å². The van der Waals surface area contributed by atoms with E-state index < -0.39 is 21.9 Å². The van der Waals surface area contributed by atoms with E-state index in [1.54, 1.807) is 19.1 Å². The van der Waals surface area contributed by atoms with Crippen LogP contribution < -0.4 is 9.46 Å². The molecule has 1 aromatic carbocycles. The van der Waals surface area contributed by atoms with Crippen molar-refractivity contribution in [1.82, 2.24) is 4.72 Å². The second-order valence-corrected chi connectivity index (χ2v) is 6.51. The molecule has 0 fully saturated rings. The fourth-order valence-electron chi connectivity index (χ4n) is 1.96. The second kappa shape index (κ2) is 7.58. The molecule has 1 aromatic heterocycles. The van der Waals surface area contributed by atoms with Gasteiger partial charge in [0.2, 0.25) is 10.0 Å². The van der Waals surface area contributed by atoms with Crippen molar-refractivity contribution >= 4 is 10.0 Å². The van der Waals surface area contributed by atoms with Crippen LogP contribution in [-0.2, 0) is 10.0 Å². The van der Waals surface area contributed by atoms with Gasteiger partial charge in [0, 0.05) is 6.54 Å². The molecule has 2 rings (SSSR count). The molecule has 0 aliphatic carbocycles. The molecule has 0 saturated heterocycles. The van der Waals surface area contributed by atoms with E-state index in [-0.39, 0.29) is 30.2 Å². The van der Waals surface area contributed by atoms with Gasteiger partial charge >= 0.3 is 0 Å². The number of halogens is 1. The van der Waals surface area contributed by atoms with E-state index in [9.17, 15) is 17.9 Å². The summed E-state index contributed by atoms with van der Waals surface area (Å²) < 4.78 is 50.3. The minimum atomic E-state index is -3.87. The Balaban J connectivity index is 1.97. The highest BCUT2D eigenvalue weighted by Gasteiger charge is 2.18. The molecule has 2 N–H and O–H groups in total. The van der Waals surface area contributed by atoms with Crippen molar-refractivity contribution in [1.29, 1.82) is 0 Å². The van der Waals surface area contributed by atoms with Crippen LogP contribution in [0.5, 0.6) is 5.75 Å². The van der Waals surface area contributed by atoms with Gasteiger partial charge in [-0.05, 0) is 43.7 Å². The lowest BCUT2D eigenvalue weighted by atomic mass is 10.2. The summed E-state index contributed by atoms with van der Waals surface area (Å²) in [6.07, 6.45) is 0.641. The summed E-state index contributed by atoms with van der Waals surface area (Å²) in [4.78, 5) is -0.203. The molecule has 0 unspecified atom stereocenters. The molecule has 0 aliphatic rings. The minimum absolute atomic E-state index is 0.000286. The number of ether oxygens (including phenoxy) is 1. The Labute approximate surface area is 133 Å². The van der Waals surface area contributed by atoms with Crippen molar-refractivity contribution in [3.63, 3.8) is 0 Å². The topological polar surface area (TPSA) is 88.8 Å². The van der Waals surface area contributed by atoms with Crippen LogP contribution in [0.25, 0.3) is 0 Å². The first-order valence-corrected chi connectivity index (χ1v) is 8.56. The number of hydrogen-bond donors (Lipinski definition) is 2. The third-order valence-electron chi connectivity index (χ3n) is 3.09. The molecule has 0 radical (unpaired) electrons. The van der Waals surface area contributed by atoms with Crippen LogP contribution in [0.2, 0.25) is 0 Å². The minimum Gasteiger partial charge on any atom is -0.491 e. The molecule has 0 amide bonds. The third-order valence-corrected chi connectivity index (χ3v) is 4.55. The van der Waals surface area contributed by atoms with E-state index in [1.807, 2.05) is 0 Å². The number of hydrogen-bond acceptors (Lipinski definition) is 5. The van der Waals surface area contributed by atoms with Gasteiger partial charge in [-0.25, -0.2) is 17.5 Å². The van der Waals surface area contributed by atoms with Crippen LogP contribution in [0.3, 0.4) is 0 Å². The van der Waals surface area contributed by atoms with Gasteiger partial charge in [0.1, 0.15) is 11.9 Å². The first kappa shape index (κ1) is 17.5. The highest BCUT2D eigenvalue weighted by atomic mass is 32.2. The number of rotatable bonds is 8. The Kier molecular flexibility index (Phi) is 5.75. The molecule has 8 heteroatoms. The fourth-order valence-corrected chi connectivity index (χ4v) is 3.02. The predicted molar refractivity (Wildman–Crippen MR) is 81.0 cm³/mol. The summed E-state index contributed by atoms with van der Waals surface area (Å²) >= 11 is 0. The number of sulfonamides is 1. The van der Waals surface area contributed by atoms with Crippen LogP contribution in [0.1, 0.15) is 25.2 Å². The van der Waals surface area contributed by atoms with Gasteiger partial charge in [-0.15, -0.1) is 0 Å². The molecule has 0 aliphatic heterocycles. The van der Waals surface area contributed by atoms with E-state index >= 15 is 0 Å². The molecular formula is C15H18FNO5S. The summed E-state index contributed by atoms with van der Waals surface area (Å²) in [5.74, 6) is -0.388. The Bertz CT molecular complexity index is 730. The highest BCUT2D eigenvalue weighted by molar-refractivity contribution is 7.89. The van der Waals surface area contributed by atoms with Gasteiger partial charge in [-0.3, -0.25) is 0 Å². The summed E-state index contributed by atoms with van der Waals surface area (Å²) in [5, 5.41) is 9.81. The smallest absolute Gasteiger partial charge is 0.240 e. The van der Waals surface area contributed by atoms with Crippen molar-refractivity contribution in [3.05, 3.63) is 48.2 Å². The fraction of sp³-hybridized carbons (Fsp3) is 0.333. The standard InChI is InChI=1S/C15H18FNO5S/c1-2-21-14-6-5-11(10-12(14)16)23(19,20)17-8-7-13(18)15-4-3-9-22-15/h3-6,9-10,13,17-18H,2,7-8H2,1H3/t13-/m0/s1. The lowest BCUT2D eigenvalue weighted by molar-refractivity contribution is 0.142. The number of nitrogens with one attached hydrogen (secondary N) is 1. The lowest BCUT2D eigenvalue weighted by Gasteiger charge is -2.11. The second-order valence-electron chi connectivity index (χ2n) is 4.74. The number of benzene rings is 1. The molecule has 1 atom stereocenters. The maximum Gasteiger partial charge on any atom is 0.240 e. The molecule has 0 spiro atoms. The van der Waals surface area contributed by atoms with Crippen LogP contribution in [0.4, 0.5) is 4.39 Å². The maximum atomic E-state index is 13.7. The van der Waals surface area contributed by atoms with Crippen LogP contribution in [0, 0.1) is 5.82 Å². The first-order chi connectivity index (χ1) is 10.9. The normalized spacial score (nSPS) is 13.0. The van der Waals surface area contributed by atoms with Crippen molar-refractivity contribution in [3.8, 4) is 5.75 Å². The summed E-state index contributed by atoms with van der Waals surface area (Å²) in [5.41, 5.74) is 0. The largest absolute Gasteiger partial charge is 0.491 e. The van der Waals surface area contributed by atoms with Crippen LogP contribution >= 0.6 is 0 Å². The van der Waals surface area contributed by atoms with Gasteiger partial charge < -0.3 is 14.3 Å². The van der Waals surface area contributed by atoms with Gasteiger partial charge in [-0.2, -0.15) is 0 Å².